The quantitative estimate of drug-likeness (QED) is 0.314. The predicted molar refractivity (Wildman–Crippen MR) is 105 cm³/mol. The van der Waals surface area contributed by atoms with Gasteiger partial charge >= 0.3 is 0 Å². The normalized spacial score (nSPS) is 28.4. The second-order valence-electron chi connectivity index (χ2n) is 8.63. The van der Waals surface area contributed by atoms with Crippen molar-refractivity contribution in [2.45, 2.75) is 95.6 Å². The van der Waals surface area contributed by atoms with Gasteiger partial charge in [0.1, 0.15) is 6.61 Å². The van der Waals surface area contributed by atoms with E-state index in [0.717, 1.165) is 32.1 Å². The lowest BCUT2D eigenvalue weighted by Gasteiger charge is -2.20. The van der Waals surface area contributed by atoms with Crippen molar-refractivity contribution in [2.75, 3.05) is 6.61 Å². The predicted octanol–water partition coefficient (Wildman–Crippen LogP) is 3.60. The highest BCUT2D eigenvalue weighted by Crippen LogP contribution is 2.45. The second-order valence-corrected chi connectivity index (χ2v) is 8.63. The fraction of sp³-hybridized carbons (Fsp3) is 0.864. The van der Waals surface area contributed by atoms with Gasteiger partial charge in [0.25, 0.3) is 0 Å². The van der Waals surface area contributed by atoms with Crippen molar-refractivity contribution in [3.05, 3.63) is 12.2 Å². The van der Waals surface area contributed by atoms with Crippen molar-refractivity contribution in [3.8, 4) is 0 Å². The number of fused-ring (bicyclic) bond motifs is 1. The van der Waals surface area contributed by atoms with Crippen LogP contribution in [0.4, 0.5) is 8.78 Å². The number of unbranched alkanes of at least 4 members (excludes halogenated alkanes) is 1. The number of ketones is 1. The molecule has 1 aliphatic heterocycles. The number of rotatable bonds is 13. The van der Waals surface area contributed by atoms with E-state index in [1.54, 1.807) is 0 Å². The maximum Gasteiger partial charge on any atom is 0.241 e. The Morgan fingerprint density at radius 2 is 2.03 bits per heavy atom. The summed E-state index contributed by atoms with van der Waals surface area (Å²) in [5, 5.41) is 28.0. The lowest BCUT2D eigenvalue weighted by atomic mass is 9.89. The molecule has 29 heavy (non-hydrogen) atoms. The molecule has 0 aromatic rings. The van der Waals surface area contributed by atoms with Gasteiger partial charge in [0, 0.05) is 12.3 Å². The van der Waals surface area contributed by atoms with Crippen molar-refractivity contribution < 1.29 is 33.6 Å². The fourth-order valence-electron chi connectivity index (χ4n) is 4.67. The van der Waals surface area contributed by atoms with Crippen molar-refractivity contribution in [2.24, 2.45) is 17.8 Å². The highest BCUT2D eigenvalue weighted by Gasteiger charge is 2.43. The molecule has 0 unspecified atom stereocenters. The minimum atomic E-state index is -2.48. The molecule has 0 radical (unpaired) electrons. The molecule has 1 heterocycles. The summed E-state index contributed by atoms with van der Waals surface area (Å²) >= 11 is 0. The molecule has 3 N–H and O–H groups in total. The van der Waals surface area contributed by atoms with Gasteiger partial charge in [0.15, 0.2) is 0 Å². The number of hydrogen-bond acceptors (Lipinski definition) is 5. The van der Waals surface area contributed by atoms with Crippen LogP contribution < -0.4 is 0 Å². The number of ether oxygens (including phenoxy) is 1. The molecule has 1 aliphatic carbocycles. The molecule has 1 saturated heterocycles. The largest absolute Gasteiger partial charge is 0.388 e. The van der Waals surface area contributed by atoms with Crippen LogP contribution in [0.3, 0.4) is 0 Å². The Bertz CT molecular complexity index is 537. The standard InChI is InChI=1S/C22H36F2O5/c1-2-3-6-16(21(23)24)8-4-7-15-10-11-19-18(15)13-17(29-19)9-5-12-22(27,28)20(26)14-25/h4,7,15-19,21,25,27-28H,2-3,5-6,8-14H2,1H3/t15-,16-,17-,18+,19+/m0/s1. The average Bonchev–Trinajstić information content (AvgIpc) is 3.24. The Morgan fingerprint density at radius 3 is 2.69 bits per heavy atom. The molecule has 5 atom stereocenters. The Morgan fingerprint density at radius 1 is 1.28 bits per heavy atom. The number of allylic oxidation sites excluding steroid dienone is 2. The van der Waals surface area contributed by atoms with Crippen LogP contribution in [0.1, 0.15) is 71.1 Å². The van der Waals surface area contributed by atoms with Gasteiger partial charge in [-0.2, -0.15) is 0 Å². The Hall–Kier alpha value is -0.890. The van der Waals surface area contributed by atoms with Gasteiger partial charge in [0.2, 0.25) is 18.0 Å². The van der Waals surface area contributed by atoms with Crippen LogP contribution in [-0.2, 0) is 9.53 Å². The van der Waals surface area contributed by atoms with Crippen LogP contribution in [0.15, 0.2) is 12.2 Å². The maximum absolute atomic E-state index is 13.1. The zero-order valence-corrected chi connectivity index (χ0v) is 17.3. The first-order valence-corrected chi connectivity index (χ1v) is 11.0. The van der Waals surface area contributed by atoms with Gasteiger partial charge < -0.3 is 20.1 Å². The molecule has 2 aliphatic rings. The minimum Gasteiger partial charge on any atom is -0.388 e. The number of hydrogen-bond donors (Lipinski definition) is 3. The van der Waals surface area contributed by atoms with Crippen LogP contribution in [0.25, 0.3) is 0 Å². The number of aliphatic hydroxyl groups excluding tert-OH is 1. The van der Waals surface area contributed by atoms with Gasteiger partial charge in [-0.15, -0.1) is 0 Å². The molecule has 0 bridgehead atoms. The summed E-state index contributed by atoms with van der Waals surface area (Å²) < 4.78 is 32.4. The number of halogens is 2. The maximum atomic E-state index is 13.1. The monoisotopic (exact) mass is 418 g/mol. The van der Waals surface area contributed by atoms with Gasteiger partial charge in [0.05, 0.1) is 12.2 Å². The van der Waals surface area contributed by atoms with E-state index in [2.05, 4.69) is 6.08 Å². The second kappa shape index (κ2) is 11.5. The molecule has 1 saturated carbocycles. The van der Waals surface area contributed by atoms with E-state index in [1.165, 1.54) is 0 Å². The molecule has 5 nitrogen and oxygen atoms in total. The fourth-order valence-corrected chi connectivity index (χ4v) is 4.67. The van der Waals surface area contributed by atoms with Crippen molar-refractivity contribution >= 4 is 5.78 Å². The lowest BCUT2D eigenvalue weighted by molar-refractivity contribution is -0.188. The minimum absolute atomic E-state index is 0.0135. The van der Waals surface area contributed by atoms with E-state index in [-0.39, 0.29) is 18.6 Å². The topological polar surface area (TPSA) is 87.0 Å². The van der Waals surface area contributed by atoms with Crippen LogP contribution in [0.2, 0.25) is 0 Å². The highest BCUT2D eigenvalue weighted by molar-refractivity contribution is 5.86. The first-order chi connectivity index (χ1) is 13.8. The van der Waals surface area contributed by atoms with Gasteiger partial charge in [-0.25, -0.2) is 8.78 Å². The summed E-state index contributed by atoms with van der Waals surface area (Å²) in [7, 11) is 0. The van der Waals surface area contributed by atoms with Gasteiger partial charge in [-0.3, -0.25) is 4.79 Å². The number of Topliss-reactive ketones (excluding diaryl/α,β-unsaturated/α-hetero) is 1. The smallest absolute Gasteiger partial charge is 0.241 e. The average molecular weight is 419 g/mol. The molecule has 0 spiro atoms. The van der Waals surface area contributed by atoms with Crippen molar-refractivity contribution in [3.63, 3.8) is 0 Å². The summed E-state index contributed by atoms with van der Waals surface area (Å²) in [6, 6.07) is 0. The molecule has 168 valence electrons. The first kappa shape index (κ1) is 24.4. The zero-order valence-electron chi connectivity index (χ0n) is 17.3. The molecule has 0 aromatic heterocycles. The summed E-state index contributed by atoms with van der Waals surface area (Å²) in [6.07, 6.45) is 8.43. The van der Waals surface area contributed by atoms with Crippen molar-refractivity contribution in [1.82, 2.24) is 0 Å². The van der Waals surface area contributed by atoms with E-state index in [9.17, 15) is 23.8 Å². The molecule has 0 amide bonds. The van der Waals surface area contributed by atoms with Crippen LogP contribution in [-0.4, -0.2) is 52.1 Å². The van der Waals surface area contributed by atoms with Gasteiger partial charge in [-0.05, 0) is 56.8 Å². The van der Waals surface area contributed by atoms with E-state index >= 15 is 0 Å². The van der Waals surface area contributed by atoms with E-state index in [0.29, 0.717) is 37.5 Å². The Balaban J connectivity index is 1.76. The number of carbonyl (C=O) groups excluding carboxylic acids is 1. The Labute approximate surface area is 172 Å². The number of alkyl halides is 2. The third-order valence-corrected chi connectivity index (χ3v) is 6.46. The van der Waals surface area contributed by atoms with Gasteiger partial charge in [-0.1, -0.05) is 31.9 Å². The SMILES string of the molecule is CCCC[C@@H](CC=C[C@H]1CC[C@H]2O[C@@H](CCCC(O)(O)C(=O)CO)C[C@H]12)C(F)F. The summed E-state index contributed by atoms with van der Waals surface area (Å²) in [5.41, 5.74) is 0. The third-order valence-electron chi connectivity index (χ3n) is 6.46. The molecule has 0 aromatic carbocycles. The summed E-state index contributed by atoms with van der Waals surface area (Å²) in [6.45, 7) is 1.12. The number of aliphatic hydroxyl groups is 3. The highest BCUT2D eigenvalue weighted by atomic mass is 19.3. The first-order valence-electron chi connectivity index (χ1n) is 11.0. The molecular weight excluding hydrogens is 382 g/mol. The van der Waals surface area contributed by atoms with Crippen molar-refractivity contribution in [1.29, 1.82) is 0 Å². The molecule has 2 rings (SSSR count). The van der Waals surface area contributed by atoms with E-state index in [4.69, 9.17) is 9.84 Å². The molecule has 2 fully saturated rings. The van der Waals surface area contributed by atoms with Crippen LogP contribution in [0, 0.1) is 17.8 Å². The third kappa shape index (κ3) is 7.09. The van der Waals surface area contributed by atoms with E-state index < -0.39 is 30.5 Å². The molecule has 7 heteroatoms. The molecular formula is C22H36F2O5. The van der Waals surface area contributed by atoms with Crippen LogP contribution in [0.5, 0.6) is 0 Å². The Kier molecular flexibility index (Phi) is 9.66. The summed E-state index contributed by atoms with van der Waals surface area (Å²) in [4.78, 5) is 11.3. The van der Waals surface area contributed by atoms with E-state index in [1.807, 2.05) is 13.0 Å². The van der Waals surface area contributed by atoms with Crippen LogP contribution >= 0.6 is 0 Å². The summed E-state index contributed by atoms with van der Waals surface area (Å²) in [5.74, 6) is -3.31. The number of carbonyl (C=O) groups is 1. The zero-order chi connectivity index (χ0) is 21.4. The lowest BCUT2D eigenvalue weighted by Crippen LogP contribution is -2.40.